The molecule has 0 saturated carbocycles. The molecule has 0 aliphatic rings. The summed E-state index contributed by atoms with van der Waals surface area (Å²) in [6, 6.07) is 13.8. The number of rotatable bonds is 5. The van der Waals surface area contributed by atoms with Gasteiger partial charge in [0.05, 0.1) is 6.21 Å². The Morgan fingerprint density at radius 3 is 2.55 bits per heavy atom. The lowest BCUT2D eigenvalue weighted by Crippen LogP contribution is -1.99. The molecule has 6 heteroatoms. The van der Waals surface area contributed by atoms with Crippen LogP contribution in [0.3, 0.4) is 0 Å². The SMILES string of the molecule is Fc1ccc(COc2ccccc2/C=N\n2cnnc2)cc1. The Labute approximate surface area is 126 Å². The monoisotopic (exact) mass is 296 g/mol. The van der Waals surface area contributed by atoms with Crippen LogP contribution < -0.4 is 4.74 Å². The van der Waals surface area contributed by atoms with Gasteiger partial charge in [0.2, 0.25) is 0 Å². The molecule has 0 radical (unpaired) electrons. The molecule has 0 unspecified atom stereocenters. The summed E-state index contributed by atoms with van der Waals surface area (Å²) in [5.74, 6) is 0.439. The van der Waals surface area contributed by atoms with E-state index in [1.54, 1.807) is 18.3 Å². The summed E-state index contributed by atoms with van der Waals surface area (Å²) in [7, 11) is 0. The lowest BCUT2D eigenvalue weighted by Gasteiger charge is -2.09. The Bertz CT molecular complexity index is 754. The van der Waals surface area contributed by atoms with E-state index in [4.69, 9.17) is 4.74 Å². The van der Waals surface area contributed by atoms with Gasteiger partial charge in [-0.2, -0.15) is 5.10 Å². The first-order valence-electron chi connectivity index (χ1n) is 6.66. The van der Waals surface area contributed by atoms with Crippen molar-refractivity contribution in [2.45, 2.75) is 6.61 Å². The first kappa shape index (κ1) is 13.9. The molecule has 0 amide bonds. The van der Waals surface area contributed by atoms with Crippen molar-refractivity contribution in [3.63, 3.8) is 0 Å². The van der Waals surface area contributed by atoms with Crippen molar-refractivity contribution in [2.24, 2.45) is 5.10 Å². The van der Waals surface area contributed by atoms with Crippen LogP contribution in [0.25, 0.3) is 0 Å². The van der Waals surface area contributed by atoms with Crippen LogP contribution in [0.5, 0.6) is 5.75 Å². The lowest BCUT2D eigenvalue weighted by molar-refractivity contribution is 0.305. The highest BCUT2D eigenvalue weighted by Gasteiger charge is 2.02. The summed E-state index contributed by atoms with van der Waals surface area (Å²) in [6.45, 7) is 0.359. The van der Waals surface area contributed by atoms with Crippen molar-refractivity contribution in [3.8, 4) is 5.75 Å². The first-order chi connectivity index (χ1) is 10.8. The van der Waals surface area contributed by atoms with E-state index in [0.717, 1.165) is 11.1 Å². The van der Waals surface area contributed by atoms with Crippen molar-refractivity contribution >= 4 is 6.21 Å². The minimum atomic E-state index is -0.259. The Kier molecular flexibility index (Phi) is 4.20. The molecule has 0 fully saturated rings. The maximum absolute atomic E-state index is 12.9. The van der Waals surface area contributed by atoms with Gasteiger partial charge in [0.25, 0.3) is 0 Å². The van der Waals surface area contributed by atoms with Gasteiger partial charge in [-0.1, -0.05) is 24.3 Å². The molecule has 5 nitrogen and oxygen atoms in total. The average Bonchev–Trinajstić information content (AvgIpc) is 3.07. The maximum Gasteiger partial charge on any atom is 0.141 e. The van der Waals surface area contributed by atoms with Crippen molar-refractivity contribution in [1.29, 1.82) is 0 Å². The average molecular weight is 296 g/mol. The molecule has 110 valence electrons. The van der Waals surface area contributed by atoms with Crippen LogP contribution in [-0.2, 0) is 6.61 Å². The molecule has 3 aromatic rings. The second-order valence-corrected chi connectivity index (χ2v) is 4.54. The van der Waals surface area contributed by atoms with Crippen LogP contribution in [0.15, 0.2) is 66.3 Å². The number of ether oxygens (including phenoxy) is 1. The minimum Gasteiger partial charge on any atom is -0.488 e. The minimum absolute atomic E-state index is 0.259. The van der Waals surface area contributed by atoms with Gasteiger partial charge in [-0.25, -0.2) is 9.07 Å². The standard InChI is InChI=1S/C16H13FN4O/c17-15-7-5-13(6-8-15)10-22-16-4-2-1-3-14(16)9-20-21-11-18-19-12-21/h1-9,11-12H,10H2/b20-9-. The molecule has 0 atom stereocenters. The fraction of sp³-hybridized carbons (Fsp3) is 0.0625. The van der Waals surface area contributed by atoms with Gasteiger partial charge in [0.15, 0.2) is 0 Å². The number of nitrogens with zero attached hydrogens (tertiary/aromatic N) is 4. The van der Waals surface area contributed by atoms with E-state index in [0.29, 0.717) is 12.4 Å². The van der Waals surface area contributed by atoms with Crippen LogP contribution in [0.1, 0.15) is 11.1 Å². The zero-order chi connectivity index (χ0) is 15.2. The maximum atomic E-state index is 12.9. The molecule has 0 bridgehead atoms. The van der Waals surface area contributed by atoms with Crippen LogP contribution in [0.4, 0.5) is 4.39 Å². The topological polar surface area (TPSA) is 52.3 Å². The normalized spacial score (nSPS) is 11.0. The molecule has 2 aromatic carbocycles. The number of hydrogen-bond acceptors (Lipinski definition) is 4. The number of aromatic nitrogens is 3. The summed E-state index contributed by atoms with van der Waals surface area (Å²) in [6.07, 6.45) is 4.67. The van der Waals surface area contributed by atoms with E-state index in [2.05, 4.69) is 15.3 Å². The Morgan fingerprint density at radius 1 is 1.05 bits per heavy atom. The molecular formula is C16H13FN4O. The van der Waals surface area contributed by atoms with Crippen molar-refractivity contribution < 1.29 is 9.13 Å². The third-order valence-electron chi connectivity index (χ3n) is 2.96. The molecule has 0 N–H and O–H groups in total. The zero-order valence-electron chi connectivity index (χ0n) is 11.6. The lowest BCUT2D eigenvalue weighted by atomic mass is 10.2. The predicted molar refractivity (Wildman–Crippen MR) is 80.2 cm³/mol. The van der Waals surface area contributed by atoms with E-state index < -0.39 is 0 Å². The van der Waals surface area contributed by atoms with Gasteiger partial charge in [-0.15, -0.1) is 10.2 Å². The number of hydrogen-bond donors (Lipinski definition) is 0. The van der Waals surface area contributed by atoms with E-state index in [1.165, 1.54) is 29.5 Å². The molecule has 1 heterocycles. The van der Waals surface area contributed by atoms with E-state index in [9.17, 15) is 4.39 Å². The van der Waals surface area contributed by atoms with Crippen LogP contribution in [0, 0.1) is 5.82 Å². The van der Waals surface area contributed by atoms with Gasteiger partial charge in [-0.05, 0) is 29.8 Å². The Hall–Kier alpha value is -3.02. The number of halogens is 1. The second kappa shape index (κ2) is 6.62. The zero-order valence-corrected chi connectivity index (χ0v) is 11.6. The summed E-state index contributed by atoms with van der Waals surface area (Å²) in [5, 5.41) is 11.6. The highest BCUT2D eigenvalue weighted by molar-refractivity contribution is 5.83. The molecule has 3 rings (SSSR count). The Morgan fingerprint density at radius 2 is 1.77 bits per heavy atom. The molecular weight excluding hydrogens is 283 g/mol. The van der Waals surface area contributed by atoms with E-state index in [-0.39, 0.29) is 5.82 Å². The molecule has 0 aliphatic heterocycles. The third kappa shape index (κ3) is 3.54. The molecule has 0 spiro atoms. The van der Waals surface area contributed by atoms with Gasteiger partial charge >= 0.3 is 0 Å². The summed E-state index contributed by atoms with van der Waals surface area (Å²) < 4.78 is 20.2. The predicted octanol–water partition coefficient (Wildman–Crippen LogP) is 2.88. The van der Waals surface area contributed by atoms with Crippen molar-refractivity contribution in [2.75, 3.05) is 0 Å². The van der Waals surface area contributed by atoms with Gasteiger partial charge in [0, 0.05) is 5.56 Å². The van der Waals surface area contributed by atoms with Crippen LogP contribution >= 0.6 is 0 Å². The summed E-state index contributed by atoms with van der Waals surface area (Å²) in [4.78, 5) is 0. The summed E-state index contributed by atoms with van der Waals surface area (Å²) in [5.41, 5.74) is 1.73. The van der Waals surface area contributed by atoms with E-state index in [1.807, 2.05) is 24.3 Å². The number of para-hydroxylation sites is 1. The highest BCUT2D eigenvalue weighted by Crippen LogP contribution is 2.18. The second-order valence-electron chi connectivity index (χ2n) is 4.54. The quantitative estimate of drug-likeness (QED) is 0.680. The molecule has 1 aromatic heterocycles. The largest absolute Gasteiger partial charge is 0.488 e. The van der Waals surface area contributed by atoms with Gasteiger partial charge in [0.1, 0.15) is 30.8 Å². The van der Waals surface area contributed by atoms with Crippen molar-refractivity contribution in [1.82, 2.24) is 14.9 Å². The third-order valence-corrected chi connectivity index (χ3v) is 2.96. The van der Waals surface area contributed by atoms with Gasteiger partial charge in [-0.3, -0.25) is 0 Å². The highest BCUT2D eigenvalue weighted by atomic mass is 19.1. The van der Waals surface area contributed by atoms with Gasteiger partial charge < -0.3 is 4.74 Å². The first-order valence-corrected chi connectivity index (χ1v) is 6.66. The summed E-state index contributed by atoms with van der Waals surface area (Å²) >= 11 is 0. The number of benzene rings is 2. The molecule has 0 saturated heterocycles. The fourth-order valence-corrected chi connectivity index (χ4v) is 1.84. The fourth-order valence-electron chi connectivity index (χ4n) is 1.84. The van der Waals surface area contributed by atoms with Crippen LogP contribution in [-0.4, -0.2) is 21.1 Å². The molecule has 0 aliphatic carbocycles. The van der Waals surface area contributed by atoms with Crippen molar-refractivity contribution in [3.05, 3.63) is 78.1 Å². The van der Waals surface area contributed by atoms with Crippen LogP contribution in [0.2, 0.25) is 0 Å². The molecule has 22 heavy (non-hydrogen) atoms. The smallest absolute Gasteiger partial charge is 0.141 e. The Balaban J connectivity index is 1.72. The van der Waals surface area contributed by atoms with E-state index >= 15 is 0 Å².